The van der Waals surface area contributed by atoms with Gasteiger partial charge in [0.25, 0.3) is 0 Å². The molecule has 96 valence electrons. The third-order valence-electron chi connectivity index (χ3n) is 2.09. The van der Waals surface area contributed by atoms with Crippen LogP contribution < -0.4 is 4.72 Å². The van der Waals surface area contributed by atoms with Gasteiger partial charge in [-0.1, -0.05) is 11.6 Å². The van der Waals surface area contributed by atoms with Crippen LogP contribution in [-0.2, 0) is 10.0 Å². The van der Waals surface area contributed by atoms with E-state index in [9.17, 15) is 17.9 Å². The van der Waals surface area contributed by atoms with Gasteiger partial charge in [0.1, 0.15) is 11.6 Å². The third-order valence-corrected chi connectivity index (χ3v) is 4.48. The number of phenols is 1. The molecule has 7 heteroatoms. The van der Waals surface area contributed by atoms with Gasteiger partial charge in [-0.25, -0.2) is 12.8 Å². The maximum absolute atomic E-state index is 13.0. The van der Waals surface area contributed by atoms with Crippen LogP contribution in [0.4, 0.5) is 10.1 Å². The zero-order valence-corrected chi connectivity index (χ0v) is 11.2. The molecule has 4 nitrogen and oxygen atoms in total. The van der Waals surface area contributed by atoms with Crippen molar-refractivity contribution in [2.45, 2.75) is 25.5 Å². The minimum Gasteiger partial charge on any atom is -0.506 e. The number of nitrogens with one attached hydrogen (secondary N) is 1. The summed E-state index contributed by atoms with van der Waals surface area (Å²) in [4.78, 5) is 0. The van der Waals surface area contributed by atoms with E-state index < -0.39 is 26.3 Å². The van der Waals surface area contributed by atoms with Crippen LogP contribution in [0.3, 0.4) is 0 Å². The van der Waals surface area contributed by atoms with Gasteiger partial charge in [0, 0.05) is 6.07 Å². The first-order chi connectivity index (χ1) is 7.54. The summed E-state index contributed by atoms with van der Waals surface area (Å²) in [6.45, 7) is 4.49. The quantitative estimate of drug-likeness (QED) is 0.819. The van der Waals surface area contributed by atoms with E-state index in [0.29, 0.717) is 0 Å². The van der Waals surface area contributed by atoms with Gasteiger partial charge < -0.3 is 5.11 Å². The summed E-state index contributed by atoms with van der Waals surface area (Å²) >= 11 is 5.51. The molecule has 0 heterocycles. The number of halogens is 2. The molecule has 0 aromatic heterocycles. The van der Waals surface area contributed by atoms with Gasteiger partial charge in [-0.3, -0.25) is 4.72 Å². The Hall–Kier alpha value is -1.01. The molecule has 0 amide bonds. The summed E-state index contributed by atoms with van der Waals surface area (Å²) in [6, 6.07) is 1.78. The van der Waals surface area contributed by atoms with Crippen molar-refractivity contribution in [2.24, 2.45) is 0 Å². The molecule has 2 N–H and O–H groups in total. The maximum atomic E-state index is 13.0. The number of aromatic hydroxyl groups is 1. The van der Waals surface area contributed by atoms with Gasteiger partial charge >= 0.3 is 0 Å². The average molecular weight is 282 g/mol. The molecule has 0 fully saturated rings. The number of phenolic OH excluding ortho intramolecular Hbond substituents is 1. The van der Waals surface area contributed by atoms with Crippen LogP contribution in [-0.4, -0.2) is 18.3 Å². The number of anilines is 1. The van der Waals surface area contributed by atoms with Gasteiger partial charge in [0.05, 0.1) is 15.5 Å². The van der Waals surface area contributed by atoms with Crippen LogP contribution in [0.2, 0.25) is 5.02 Å². The second-order valence-electron chi connectivity index (χ2n) is 4.50. The molecule has 1 aromatic rings. The Kier molecular flexibility index (Phi) is 3.59. The fraction of sp³-hybridized carbons (Fsp3) is 0.400. The van der Waals surface area contributed by atoms with Crippen LogP contribution in [0.25, 0.3) is 0 Å². The standard InChI is InChI=1S/C10H13ClFNO3S/c1-10(2,3)17(15,16)13-8-4-6(11)7(12)5-9(8)14/h4-5,13-14H,1-3H3. The van der Waals surface area contributed by atoms with Crippen molar-refractivity contribution in [1.82, 2.24) is 0 Å². The molecule has 0 bridgehead atoms. The Morgan fingerprint density at radius 3 is 2.35 bits per heavy atom. The van der Waals surface area contributed by atoms with Crippen molar-refractivity contribution in [1.29, 1.82) is 0 Å². The molecular weight excluding hydrogens is 269 g/mol. The van der Waals surface area contributed by atoms with Crippen molar-refractivity contribution in [3.8, 4) is 5.75 Å². The van der Waals surface area contributed by atoms with E-state index in [-0.39, 0.29) is 10.7 Å². The Labute approximate surface area is 104 Å². The van der Waals surface area contributed by atoms with Crippen LogP contribution in [0, 0.1) is 5.82 Å². The highest BCUT2D eigenvalue weighted by molar-refractivity contribution is 7.94. The molecule has 0 spiro atoms. The van der Waals surface area contributed by atoms with Crippen molar-refractivity contribution >= 4 is 27.3 Å². The molecule has 17 heavy (non-hydrogen) atoms. The second kappa shape index (κ2) is 4.34. The molecule has 0 saturated heterocycles. The Morgan fingerprint density at radius 1 is 1.35 bits per heavy atom. The van der Waals surface area contributed by atoms with Gasteiger partial charge in [0.2, 0.25) is 10.0 Å². The first-order valence-electron chi connectivity index (χ1n) is 4.75. The molecule has 0 atom stereocenters. The zero-order valence-electron chi connectivity index (χ0n) is 9.58. The van der Waals surface area contributed by atoms with Crippen molar-refractivity contribution < 1.29 is 17.9 Å². The summed E-state index contributed by atoms with van der Waals surface area (Å²) in [7, 11) is -3.69. The van der Waals surface area contributed by atoms with Crippen molar-refractivity contribution in [3.63, 3.8) is 0 Å². The first-order valence-corrected chi connectivity index (χ1v) is 6.61. The molecule has 0 aliphatic rings. The summed E-state index contributed by atoms with van der Waals surface area (Å²) in [5, 5.41) is 9.15. The average Bonchev–Trinajstić information content (AvgIpc) is 2.12. The SMILES string of the molecule is CC(C)(C)S(=O)(=O)Nc1cc(Cl)c(F)cc1O. The highest BCUT2D eigenvalue weighted by atomic mass is 35.5. The topological polar surface area (TPSA) is 66.4 Å². The molecule has 1 rings (SSSR count). The first kappa shape index (κ1) is 14.1. The molecule has 0 unspecified atom stereocenters. The minimum absolute atomic E-state index is 0.147. The molecule has 0 aliphatic heterocycles. The van der Waals surface area contributed by atoms with E-state index in [1.54, 1.807) is 0 Å². The lowest BCUT2D eigenvalue weighted by atomic mass is 10.3. The lowest BCUT2D eigenvalue weighted by Gasteiger charge is -2.20. The van der Waals surface area contributed by atoms with Gasteiger partial charge in [-0.05, 0) is 26.8 Å². The molecular formula is C10H13ClFNO3S. The van der Waals surface area contributed by atoms with Crippen molar-refractivity contribution in [3.05, 3.63) is 23.0 Å². The fourth-order valence-electron chi connectivity index (χ4n) is 0.916. The predicted octanol–water partition coefficient (Wildman–Crippen LogP) is 2.72. The Bertz CT molecular complexity index is 537. The number of sulfonamides is 1. The lowest BCUT2D eigenvalue weighted by molar-refractivity contribution is 0.471. The fourth-order valence-corrected chi connectivity index (χ4v) is 1.84. The largest absolute Gasteiger partial charge is 0.506 e. The maximum Gasteiger partial charge on any atom is 0.237 e. The minimum atomic E-state index is -3.69. The number of benzene rings is 1. The van der Waals surface area contributed by atoms with Crippen LogP contribution in [0.5, 0.6) is 5.75 Å². The summed E-state index contributed by atoms with van der Waals surface area (Å²) in [6.07, 6.45) is 0. The van der Waals surface area contributed by atoms with E-state index in [2.05, 4.69) is 4.72 Å². The van der Waals surface area contributed by atoms with Crippen LogP contribution >= 0.6 is 11.6 Å². The Balaban J connectivity index is 3.18. The van der Waals surface area contributed by atoms with E-state index in [4.69, 9.17) is 11.6 Å². The van der Waals surface area contributed by atoms with E-state index in [1.807, 2.05) is 0 Å². The highest BCUT2D eigenvalue weighted by Crippen LogP contribution is 2.31. The van der Waals surface area contributed by atoms with Crippen LogP contribution in [0.1, 0.15) is 20.8 Å². The number of rotatable bonds is 2. The summed E-state index contributed by atoms with van der Waals surface area (Å²) < 4.78 is 37.7. The zero-order chi connectivity index (χ0) is 13.4. The summed E-state index contributed by atoms with van der Waals surface area (Å²) in [5.74, 6) is -1.33. The predicted molar refractivity (Wildman–Crippen MR) is 65.4 cm³/mol. The van der Waals surface area contributed by atoms with Gasteiger partial charge in [0.15, 0.2) is 0 Å². The normalized spacial score (nSPS) is 12.5. The van der Waals surface area contributed by atoms with E-state index >= 15 is 0 Å². The van der Waals surface area contributed by atoms with Gasteiger partial charge in [-0.2, -0.15) is 0 Å². The molecule has 0 aliphatic carbocycles. The monoisotopic (exact) mass is 281 g/mol. The molecule has 0 saturated carbocycles. The third kappa shape index (κ3) is 3.01. The lowest BCUT2D eigenvalue weighted by Crippen LogP contribution is -2.33. The molecule has 1 aromatic carbocycles. The van der Waals surface area contributed by atoms with Gasteiger partial charge in [-0.15, -0.1) is 0 Å². The second-order valence-corrected chi connectivity index (χ2v) is 7.34. The van der Waals surface area contributed by atoms with Crippen LogP contribution in [0.15, 0.2) is 12.1 Å². The van der Waals surface area contributed by atoms with E-state index in [0.717, 1.165) is 12.1 Å². The smallest absolute Gasteiger partial charge is 0.237 e. The highest BCUT2D eigenvalue weighted by Gasteiger charge is 2.29. The number of hydrogen-bond acceptors (Lipinski definition) is 3. The number of hydrogen-bond donors (Lipinski definition) is 2. The molecule has 0 radical (unpaired) electrons. The Morgan fingerprint density at radius 2 is 1.88 bits per heavy atom. The van der Waals surface area contributed by atoms with E-state index in [1.165, 1.54) is 20.8 Å². The van der Waals surface area contributed by atoms with Crippen molar-refractivity contribution in [2.75, 3.05) is 4.72 Å². The summed E-state index contributed by atoms with van der Waals surface area (Å²) in [5.41, 5.74) is -0.147.